The summed E-state index contributed by atoms with van der Waals surface area (Å²) in [4.78, 5) is 11.9. The topological polar surface area (TPSA) is 82.2 Å². The predicted molar refractivity (Wildman–Crippen MR) is 78.0 cm³/mol. The molecule has 112 valence electrons. The van der Waals surface area contributed by atoms with Crippen LogP contribution in [-0.2, 0) is 4.74 Å². The second-order valence-corrected chi connectivity index (χ2v) is 4.79. The van der Waals surface area contributed by atoms with Gasteiger partial charge in [0.15, 0.2) is 5.82 Å². The Hall–Kier alpha value is -2.57. The lowest BCUT2D eigenvalue weighted by atomic mass is 10.2. The number of rotatable bonds is 4. The molecule has 2 aromatic rings. The summed E-state index contributed by atoms with van der Waals surface area (Å²) in [6.45, 7) is 3.80. The number of carbonyl (C=O) groups excluding carboxylic acids is 1. The molecule has 0 radical (unpaired) electrons. The second-order valence-electron chi connectivity index (χ2n) is 4.79. The molecule has 0 amide bonds. The SMILES string of the molecule is COC(=O)c1c(NC(C)C)nn(-c2cccc(F)c2)c1N. The summed E-state index contributed by atoms with van der Waals surface area (Å²) < 4.78 is 19.4. The average molecular weight is 292 g/mol. The van der Waals surface area contributed by atoms with Crippen LogP contribution in [0.3, 0.4) is 0 Å². The Bertz CT molecular complexity index is 667. The fraction of sp³-hybridized carbons (Fsp3) is 0.286. The minimum absolute atomic E-state index is 0.0451. The van der Waals surface area contributed by atoms with E-state index in [1.165, 1.54) is 23.9 Å². The molecule has 21 heavy (non-hydrogen) atoms. The molecule has 6 nitrogen and oxygen atoms in total. The minimum atomic E-state index is -0.599. The van der Waals surface area contributed by atoms with Crippen LogP contribution in [-0.4, -0.2) is 28.9 Å². The summed E-state index contributed by atoms with van der Waals surface area (Å²) in [6, 6.07) is 5.83. The van der Waals surface area contributed by atoms with Crippen LogP contribution in [0.5, 0.6) is 0 Å². The number of benzene rings is 1. The van der Waals surface area contributed by atoms with E-state index in [0.717, 1.165) is 0 Å². The van der Waals surface area contributed by atoms with Crippen molar-refractivity contribution >= 4 is 17.6 Å². The van der Waals surface area contributed by atoms with Gasteiger partial charge in [0.25, 0.3) is 0 Å². The molecule has 0 spiro atoms. The quantitative estimate of drug-likeness (QED) is 0.844. The van der Waals surface area contributed by atoms with Crippen molar-refractivity contribution in [1.29, 1.82) is 0 Å². The molecule has 0 saturated heterocycles. The van der Waals surface area contributed by atoms with Crippen molar-refractivity contribution in [1.82, 2.24) is 9.78 Å². The third kappa shape index (κ3) is 2.96. The molecule has 1 aromatic heterocycles. The third-order valence-electron chi connectivity index (χ3n) is 2.79. The number of hydrogen-bond donors (Lipinski definition) is 2. The van der Waals surface area contributed by atoms with Crippen LogP contribution in [0.4, 0.5) is 16.0 Å². The van der Waals surface area contributed by atoms with E-state index in [4.69, 9.17) is 10.5 Å². The van der Waals surface area contributed by atoms with E-state index < -0.39 is 11.8 Å². The number of methoxy groups -OCH3 is 1. The molecule has 3 N–H and O–H groups in total. The molecule has 0 unspecified atom stereocenters. The maximum atomic E-state index is 13.3. The van der Waals surface area contributed by atoms with Crippen molar-refractivity contribution in [3.63, 3.8) is 0 Å². The number of hydrogen-bond acceptors (Lipinski definition) is 5. The Kier molecular flexibility index (Phi) is 4.11. The van der Waals surface area contributed by atoms with Crippen molar-refractivity contribution < 1.29 is 13.9 Å². The molecule has 0 saturated carbocycles. The van der Waals surface area contributed by atoms with E-state index in [1.807, 2.05) is 13.8 Å². The molecule has 0 aliphatic heterocycles. The molecule has 1 heterocycles. The molecule has 0 bridgehead atoms. The summed E-state index contributed by atoms with van der Waals surface area (Å²) in [5, 5.41) is 7.27. The van der Waals surface area contributed by atoms with Crippen LogP contribution < -0.4 is 11.1 Å². The first-order valence-electron chi connectivity index (χ1n) is 6.43. The zero-order chi connectivity index (χ0) is 15.6. The fourth-order valence-electron chi connectivity index (χ4n) is 1.91. The molecule has 0 aliphatic rings. The largest absolute Gasteiger partial charge is 0.465 e. The Morgan fingerprint density at radius 3 is 2.76 bits per heavy atom. The molecule has 0 fully saturated rings. The monoisotopic (exact) mass is 292 g/mol. The zero-order valence-corrected chi connectivity index (χ0v) is 12.1. The minimum Gasteiger partial charge on any atom is -0.465 e. The lowest BCUT2D eigenvalue weighted by molar-refractivity contribution is 0.0603. The van der Waals surface area contributed by atoms with Gasteiger partial charge in [0.05, 0.1) is 12.8 Å². The van der Waals surface area contributed by atoms with Gasteiger partial charge in [0.1, 0.15) is 17.2 Å². The Labute approximate surface area is 121 Å². The van der Waals surface area contributed by atoms with Crippen molar-refractivity contribution in [2.24, 2.45) is 0 Å². The van der Waals surface area contributed by atoms with E-state index in [1.54, 1.807) is 12.1 Å². The molecule has 7 heteroatoms. The normalized spacial score (nSPS) is 10.7. The van der Waals surface area contributed by atoms with E-state index in [0.29, 0.717) is 11.5 Å². The van der Waals surface area contributed by atoms with Gasteiger partial charge >= 0.3 is 5.97 Å². The van der Waals surface area contributed by atoms with Crippen LogP contribution >= 0.6 is 0 Å². The van der Waals surface area contributed by atoms with Crippen LogP contribution in [0.2, 0.25) is 0 Å². The highest BCUT2D eigenvalue weighted by atomic mass is 19.1. The van der Waals surface area contributed by atoms with Crippen LogP contribution in [0.25, 0.3) is 5.69 Å². The van der Waals surface area contributed by atoms with Gasteiger partial charge in [-0.05, 0) is 32.0 Å². The van der Waals surface area contributed by atoms with E-state index in [-0.39, 0.29) is 17.4 Å². The first-order valence-corrected chi connectivity index (χ1v) is 6.43. The number of halogens is 1. The van der Waals surface area contributed by atoms with E-state index in [9.17, 15) is 9.18 Å². The van der Waals surface area contributed by atoms with Crippen molar-refractivity contribution in [3.8, 4) is 5.69 Å². The molecule has 0 aliphatic carbocycles. The number of ether oxygens (including phenoxy) is 1. The van der Waals surface area contributed by atoms with E-state index in [2.05, 4.69) is 10.4 Å². The zero-order valence-electron chi connectivity index (χ0n) is 12.1. The number of aromatic nitrogens is 2. The van der Waals surface area contributed by atoms with Gasteiger partial charge in [-0.3, -0.25) is 0 Å². The predicted octanol–water partition coefficient (Wildman–Crippen LogP) is 2.20. The molecule has 1 aromatic carbocycles. The van der Waals surface area contributed by atoms with Gasteiger partial charge in [0, 0.05) is 6.04 Å². The Morgan fingerprint density at radius 2 is 2.19 bits per heavy atom. The van der Waals surface area contributed by atoms with Crippen molar-refractivity contribution in [3.05, 3.63) is 35.6 Å². The maximum absolute atomic E-state index is 13.3. The molecule has 2 rings (SSSR count). The van der Waals surface area contributed by atoms with Gasteiger partial charge in [-0.1, -0.05) is 6.07 Å². The summed E-state index contributed by atoms with van der Waals surface area (Å²) in [5.41, 5.74) is 6.54. The number of esters is 1. The van der Waals surface area contributed by atoms with Gasteiger partial charge in [-0.15, -0.1) is 5.10 Å². The van der Waals surface area contributed by atoms with Crippen LogP contribution in [0.15, 0.2) is 24.3 Å². The summed E-state index contributed by atoms with van der Waals surface area (Å²) in [5.74, 6) is -0.618. The summed E-state index contributed by atoms with van der Waals surface area (Å²) >= 11 is 0. The smallest absolute Gasteiger partial charge is 0.345 e. The standard InChI is InChI=1S/C14H17FN4O2/c1-8(2)17-13-11(14(20)21-3)12(16)19(18-13)10-6-4-5-9(15)7-10/h4-8H,16H2,1-3H3,(H,17,18). The number of anilines is 2. The van der Waals surface area contributed by atoms with Gasteiger partial charge in [-0.25, -0.2) is 13.9 Å². The van der Waals surface area contributed by atoms with Crippen LogP contribution in [0, 0.1) is 5.82 Å². The summed E-state index contributed by atoms with van der Waals surface area (Å²) in [6.07, 6.45) is 0. The Morgan fingerprint density at radius 1 is 1.48 bits per heavy atom. The molecule has 0 atom stereocenters. The first-order chi connectivity index (χ1) is 9.93. The Balaban J connectivity index is 2.58. The lowest BCUT2D eigenvalue weighted by Crippen LogP contribution is -2.14. The molecular weight excluding hydrogens is 275 g/mol. The third-order valence-corrected chi connectivity index (χ3v) is 2.79. The van der Waals surface area contributed by atoms with Gasteiger partial charge < -0.3 is 15.8 Å². The lowest BCUT2D eigenvalue weighted by Gasteiger charge is -2.07. The highest BCUT2D eigenvalue weighted by Crippen LogP contribution is 2.26. The van der Waals surface area contributed by atoms with E-state index >= 15 is 0 Å². The average Bonchev–Trinajstić information content (AvgIpc) is 2.74. The number of nitrogens with zero attached hydrogens (tertiary/aromatic N) is 2. The fourth-order valence-corrected chi connectivity index (χ4v) is 1.91. The van der Waals surface area contributed by atoms with Gasteiger partial charge in [0.2, 0.25) is 0 Å². The van der Waals surface area contributed by atoms with Crippen LogP contribution in [0.1, 0.15) is 24.2 Å². The summed E-state index contributed by atoms with van der Waals surface area (Å²) in [7, 11) is 1.26. The number of nitrogen functional groups attached to an aromatic ring is 1. The number of carbonyl (C=O) groups is 1. The second kappa shape index (κ2) is 5.82. The van der Waals surface area contributed by atoms with Gasteiger partial charge in [-0.2, -0.15) is 0 Å². The first kappa shape index (κ1) is 14.8. The number of nitrogens with two attached hydrogens (primary N) is 1. The maximum Gasteiger partial charge on any atom is 0.345 e. The van der Waals surface area contributed by atoms with Crippen molar-refractivity contribution in [2.75, 3.05) is 18.2 Å². The highest BCUT2D eigenvalue weighted by molar-refractivity contribution is 6.00. The molecular formula is C14H17FN4O2. The highest BCUT2D eigenvalue weighted by Gasteiger charge is 2.24. The number of nitrogens with one attached hydrogen (secondary N) is 1. The van der Waals surface area contributed by atoms with Crippen molar-refractivity contribution in [2.45, 2.75) is 19.9 Å².